The molecule has 0 aromatic heterocycles. The smallest absolute Gasteiger partial charge is 0.0717 e. The van der Waals surface area contributed by atoms with Gasteiger partial charge in [0.15, 0.2) is 0 Å². The number of ether oxygens (including phenoxy) is 1. The van der Waals surface area contributed by atoms with Crippen LogP contribution in [0.1, 0.15) is 25.8 Å². The van der Waals surface area contributed by atoms with Gasteiger partial charge in [0.1, 0.15) is 0 Å². The molecule has 15 heavy (non-hydrogen) atoms. The Morgan fingerprint density at radius 1 is 1.27 bits per heavy atom. The largest absolute Gasteiger partial charge is 0.393 e. The predicted molar refractivity (Wildman–Crippen MR) is 61.6 cm³/mol. The van der Waals surface area contributed by atoms with E-state index < -0.39 is 0 Å². The van der Waals surface area contributed by atoms with Crippen LogP contribution in [-0.4, -0.2) is 17.8 Å². The standard InChI is InChI=1S/C13H20O2/c1-3-13(14)11(2)9-15-10-12-7-5-4-6-8-12/h4-8,11,13-14H,3,9-10H2,1-2H3/t11-,13-/m0/s1. The first-order valence-electron chi connectivity index (χ1n) is 5.53. The molecule has 0 aliphatic rings. The van der Waals surface area contributed by atoms with E-state index in [1.807, 2.05) is 44.2 Å². The van der Waals surface area contributed by atoms with Crippen LogP contribution in [0.15, 0.2) is 30.3 Å². The molecule has 84 valence electrons. The van der Waals surface area contributed by atoms with E-state index in [2.05, 4.69) is 0 Å². The molecule has 0 spiro atoms. The van der Waals surface area contributed by atoms with Crippen molar-refractivity contribution in [1.82, 2.24) is 0 Å². The lowest BCUT2D eigenvalue weighted by Gasteiger charge is -2.17. The number of aliphatic hydroxyl groups excluding tert-OH is 1. The summed E-state index contributed by atoms with van der Waals surface area (Å²) in [7, 11) is 0. The molecular formula is C13H20O2. The molecule has 0 fully saturated rings. The van der Waals surface area contributed by atoms with Crippen LogP contribution in [0.4, 0.5) is 0 Å². The summed E-state index contributed by atoms with van der Waals surface area (Å²) in [4.78, 5) is 0. The van der Waals surface area contributed by atoms with Gasteiger partial charge in [-0.25, -0.2) is 0 Å². The highest BCUT2D eigenvalue weighted by molar-refractivity contribution is 5.13. The highest BCUT2D eigenvalue weighted by Gasteiger charge is 2.11. The molecule has 0 heterocycles. The summed E-state index contributed by atoms with van der Waals surface area (Å²) in [5.41, 5.74) is 1.18. The quantitative estimate of drug-likeness (QED) is 0.778. The molecule has 0 saturated carbocycles. The van der Waals surface area contributed by atoms with Gasteiger partial charge >= 0.3 is 0 Å². The molecular weight excluding hydrogens is 188 g/mol. The van der Waals surface area contributed by atoms with Gasteiger partial charge in [-0.1, -0.05) is 44.2 Å². The van der Waals surface area contributed by atoms with Crippen LogP contribution in [0.2, 0.25) is 0 Å². The van der Waals surface area contributed by atoms with E-state index in [0.717, 1.165) is 6.42 Å². The molecule has 0 unspecified atom stereocenters. The molecule has 2 heteroatoms. The molecule has 0 aliphatic carbocycles. The second-order valence-corrected chi connectivity index (χ2v) is 3.95. The third kappa shape index (κ3) is 4.45. The van der Waals surface area contributed by atoms with Gasteiger partial charge in [0.25, 0.3) is 0 Å². The molecule has 1 aromatic carbocycles. The van der Waals surface area contributed by atoms with Crippen LogP contribution < -0.4 is 0 Å². The molecule has 0 radical (unpaired) electrons. The third-order valence-electron chi connectivity index (χ3n) is 2.57. The summed E-state index contributed by atoms with van der Waals surface area (Å²) in [6, 6.07) is 10.1. The number of aliphatic hydroxyl groups is 1. The number of benzene rings is 1. The van der Waals surface area contributed by atoms with E-state index in [9.17, 15) is 5.11 Å². The van der Waals surface area contributed by atoms with Crippen LogP contribution in [0.3, 0.4) is 0 Å². The van der Waals surface area contributed by atoms with Gasteiger partial charge in [0, 0.05) is 5.92 Å². The Hall–Kier alpha value is -0.860. The molecule has 2 nitrogen and oxygen atoms in total. The fourth-order valence-electron chi connectivity index (χ4n) is 1.45. The molecule has 2 atom stereocenters. The lowest BCUT2D eigenvalue weighted by atomic mass is 10.0. The number of hydrogen-bond donors (Lipinski definition) is 1. The third-order valence-corrected chi connectivity index (χ3v) is 2.57. The van der Waals surface area contributed by atoms with Crippen molar-refractivity contribution in [2.24, 2.45) is 5.92 Å². The Morgan fingerprint density at radius 3 is 2.53 bits per heavy atom. The first-order valence-corrected chi connectivity index (χ1v) is 5.53. The maximum Gasteiger partial charge on any atom is 0.0717 e. The van der Waals surface area contributed by atoms with Crippen molar-refractivity contribution < 1.29 is 9.84 Å². The summed E-state index contributed by atoms with van der Waals surface area (Å²) in [5.74, 6) is 0.207. The van der Waals surface area contributed by atoms with Gasteiger partial charge in [0.2, 0.25) is 0 Å². The van der Waals surface area contributed by atoms with E-state index in [1.165, 1.54) is 5.56 Å². The maximum absolute atomic E-state index is 9.54. The van der Waals surface area contributed by atoms with Crippen molar-refractivity contribution in [3.63, 3.8) is 0 Å². The van der Waals surface area contributed by atoms with Gasteiger partial charge in [-0.3, -0.25) is 0 Å². The minimum Gasteiger partial charge on any atom is -0.393 e. The van der Waals surface area contributed by atoms with E-state index >= 15 is 0 Å². The van der Waals surface area contributed by atoms with Gasteiger partial charge in [0.05, 0.1) is 19.3 Å². The van der Waals surface area contributed by atoms with Crippen LogP contribution in [0.25, 0.3) is 0 Å². The van der Waals surface area contributed by atoms with E-state index in [-0.39, 0.29) is 12.0 Å². The number of rotatable bonds is 6. The topological polar surface area (TPSA) is 29.5 Å². The molecule has 0 bridgehead atoms. The van der Waals surface area contributed by atoms with Gasteiger partial charge in [-0.15, -0.1) is 0 Å². The molecule has 0 aliphatic heterocycles. The highest BCUT2D eigenvalue weighted by atomic mass is 16.5. The molecule has 1 rings (SSSR count). The normalized spacial score (nSPS) is 14.9. The van der Waals surface area contributed by atoms with Crippen molar-refractivity contribution in [3.05, 3.63) is 35.9 Å². The fraction of sp³-hybridized carbons (Fsp3) is 0.538. The Kier molecular flexibility index (Phi) is 5.37. The monoisotopic (exact) mass is 208 g/mol. The van der Waals surface area contributed by atoms with Gasteiger partial charge < -0.3 is 9.84 Å². The molecule has 1 N–H and O–H groups in total. The first-order chi connectivity index (χ1) is 7.24. The zero-order valence-corrected chi connectivity index (χ0v) is 9.52. The van der Waals surface area contributed by atoms with E-state index in [4.69, 9.17) is 4.74 Å². The van der Waals surface area contributed by atoms with Crippen LogP contribution in [0.5, 0.6) is 0 Å². The van der Waals surface area contributed by atoms with Crippen molar-refractivity contribution in [2.45, 2.75) is 33.0 Å². The summed E-state index contributed by atoms with van der Waals surface area (Å²) < 4.78 is 5.54. The minimum absolute atomic E-state index is 0.207. The predicted octanol–water partition coefficient (Wildman–Crippen LogP) is 2.61. The van der Waals surface area contributed by atoms with Crippen LogP contribution in [-0.2, 0) is 11.3 Å². The maximum atomic E-state index is 9.54. The average Bonchev–Trinajstić information content (AvgIpc) is 2.29. The van der Waals surface area contributed by atoms with Crippen molar-refractivity contribution in [1.29, 1.82) is 0 Å². The Labute approximate surface area is 91.9 Å². The van der Waals surface area contributed by atoms with Gasteiger partial charge in [-0.05, 0) is 12.0 Å². The fourth-order valence-corrected chi connectivity index (χ4v) is 1.45. The Morgan fingerprint density at radius 2 is 1.93 bits per heavy atom. The zero-order chi connectivity index (χ0) is 11.1. The van der Waals surface area contributed by atoms with Crippen LogP contribution >= 0.6 is 0 Å². The van der Waals surface area contributed by atoms with Crippen molar-refractivity contribution >= 4 is 0 Å². The van der Waals surface area contributed by atoms with Crippen molar-refractivity contribution in [3.8, 4) is 0 Å². The zero-order valence-electron chi connectivity index (χ0n) is 9.52. The Bertz CT molecular complexity index is 258. The van der Waals surface area contributed by atoms with Crippen molar-refractivity contribution in [2.75, 3.05) is 6.61 Å². The lowest BCUT2D eigenvalue weighted by Crippen LogP contribution is -2.21. The average molecular weight is 208 g/mol. The highest BCUT2D eigenvalue weighted by Crippen LogP contribution is 2.08. The second kappa shape index (κ2) is 6.59. The Balaban J connectivity index is 2.22. The van der Waals surface area contributed by atoms with E-state index in [1.54, 1.807) is 0 Å². The summed E-state index contributed by atoms with van der Waals surface area (Å²) in [5, 5.41) is 9.54. The minimum atomic E-state index is -0.249. The SMILES string of the molecule is CC[C@H](O)[C@@H](C)COCc1ccccc1. The summed E-state index contributed by atoms with van der Waals surface area (Å²) in [6.07, 6.45) is 0.538. The molecule has 0 amide bonds. The molecule has 1 aromatic rings. The summed E-state index contributed by atoms with van der Waals surface area (Å²) in [6.45, 7) is 5.24. The second-order valence-electron chi connectivity index (χ2n) is 3.95. The first kappa shape index (κ1) is 12.2. The number of hydrogen-bond acceptors (Lipinski definition) is 2. The van der Waals surface area contributed by atoms with Gasteiger partial charge in [-0.2, -0.15) is 0 Å². The molecule has 0 saturated heterocycles. The summed E-state index contributed by atoms with van der Waals surface area (Å²) >= 11 is 0. The lowest BCUT2D eigenvalue weighted by molar-refractivity contribution is 0.0274. The van der Waals surface area contributed by atoms with E-state index in [0.29, 0.717) is 13.2 Å². The van der Waals surface area contributed by atoms with Crippen LogP contribution in [0, 0.1) is 5.92 Å².